The highest BCUT2D eigenvalue weighted by Crippen LogP contribution is 2.16. The summed E-state index contributed by atoms with van der Waals surface area (Å²) in [7, 11) is 1.78. The number of nitrogens with one attached hydrogen (secondary N) is 2. The quantitative estimate of drug-likeness (QED) is 0.889. The molecule has 0 saturated carbocycles. The van der Waals surface area contributed by atoms with Crippen molar-refractivity contribution in [3.8, 4) is 0 Å². The second-order valence-electron chi connectivity index (χ2n) is 3.91. The Kier molecular flexibility index (Phi) is 3.94. The Morgan fingerprint density at radius 1 is 1.39 bits per heavy atom. The van der Waals surface area contributed by atoms with Crippen molar-refractivity contribution in [2.75, 3.05) is 12.4 Å². The predicted octanol–water partition coefficient (Wildman–Crippen LogP) is 2.68. The van der Waals surface area contributed by atoms with Gasteiger partial charge < -0.3 is 10.6 Å². The molecule has 1 unspecified atom stereocenters. The summed E-state index contributed by atoms with van der Waals surface area (Å²) in [5.41, 5.74) is 1.53. The maximum atomic E-state index is 12.0. The predicted molar refractivity (Wildman–Crippen MR) is 74.0 cm³/mol. The molecule has 0 aliphatic heterocycles. The summed E-state index contributed by atoms with van der Waals surface area (Å²) in [6.07, 6.45) is 0. The van der Waals surface area contributed by atoms with Crippen molar-refractivity contribution in [1.82, 2.24) is 10.3 Å². The van der Waals surface area contributed by atoms with Crippen molar-refractivity contribution < 1.29 is 4.79 Å². The number of hydrogen-bond acceptors (Lipinski definition) is 4. The van der Waals surface area contributed by atoms with Crippen molar-refractivity contribution in [2.45, 2.75) is 13.0 Å². The van der Waals surface area contributed by atoms with Gasteiger partial charge in [-0.05, 0) is 41.4 Å². The average molecular weight is 261 g/mol. The van der Waals surface area contributed by atoms with Crippen LogP contribution in [0.2, 0.25) is 0 Å². The van der Waals surface area contributed by atoms with Gasteiger partial charge in [-0.2, -0.15) is 11.3 Å². The summed E-state index contributed by atoms with van der Waals surface area (Å²) in [5.74, 6) is 0.525. The summed E-state index contributed by atoms with van der Waals surface area (Å²) in [5, 5.41) is 9.87. The van der Waals surface area contributed by atoms with Gasteiger partial charge in [-0.1, -0.05) is 6.07 Å². The molecule has 2 heterocycles. The number of thiophene rings is 1. The Morgan fingerprint density at radius 2 is 2.22 bits per heavy atom. The van der Waals surface area contributed by atoms with E-state index in [2.05, 4.69) is 15.6 Å². The van der Waals surface area contributed by atoms with Crippen molar-refractivity contribution >= 4 is 23.1 Å². The number of aromatic nitrogens is 1. The molecule has 1 amide bonds. The van der Waals surface area contributed by atoms with Gasteiger partial charge >= 0.3 is 0 Å². The Bertz CT molecular complexity index is 525. The lowest BCUT2D eigenvalue weighted by Crippen LogP contribution is -2.27. The van der Waals surface area contributed by atoms with Crippen LogP contribution in [0.5, 0.6) is 0 Å². The Morgan fingerprint density at radius 3 is 2.89 bits per heavy atom. The number of hydrogen-bond donors (Lipinski definition) is 2. The van der Waals surface area contributed by atoms with Gasteiger partial charge in [-0.15, -0.1) is 0 Å². The molecule has 5 heteroatoms. The molecule has 94 valence electrons. The highest BCUT2D eigenvalue weighted by atomic mass is 32.1. The van der Waals surface area contributed by atoms with E-state index >= 15 is 0 Å². The maximum absolute atomic E-state index is 12.0. The first kappa shape index (κ1) is 12.6. The maximum Gasteiger partial charge on any atom is 0.270 e. The van der Waals surface area contributed by atoms with E-state index in [-0.39, 0.29) is 11.9 Å². The zero-order valence-corrected chi connectivity index (χ0v) is 11.1. The van der Waals surface area contributed by atoms with E-state index in [1.54, 1.807) is 24.5 Å². The molecule has 2 rings (SSSR count). The van der Waals surface area contributed by atoms with Gasteiger partial charge in [0.15, 0.2) is 0 Å². The molecular formula is C13H15N3OS. The lowest BCUT2D eigenvalue weighted by Gasteiger charge is -2.12. The Labute approximate surface area is 110 Å². The third kappa shape index (κ3) is 2.87. The molecule has 2 aromatic rings. The monoisotopic (exact) mass is 261 g/mol. The second-order valence-corrected chi connectivity index (χ2v) is 4.69. The van der Waals surface area contributed by atoms with Gasteiger partial charge in [0.2, 0.25) is 0 Å². The lowest BCUT2D eigenvalue weighted by atomic mass is 10.2. The van der Waals surface area contributed by atoms with Crippen LogP contribution in [-0.2, 0) is 0 Å². The largest absolute Gasteiger partial charge is 0.373 e. The SMILES string of the molecule is CNc1cccc(C(=O)NC(C)c2ccsc2)n1. The number of nitrogens with zero attached hydrogens (tertiary/aromatic N) is 1. The first-order valence-corrected chi connectivity index (χ1v) is 6.62. The van der Waals surface area contributed by atoms with E-state index < -0.39 is 0 Å². The number of rotatable bonds is 4. The van der Waals surface area contributed by atoms with E-state index in [9.17, 15) is 4.79 Å². The van der Waals surface area contributed by atoms with Crippen LogP contribution in [0.15, 0.2) is 35.0 Å². The van der Waals surface area contributed by atoms with Crippen molar-refractivity contribution in [3.63, 3.8) is 0 Å². The number of amides is 1. The van der Waals surface area contributed by atoms with Crippen LogP contribution in [-0.4, -0.2) is 17.9 Å². The standard InChI is InChI=1S/C13H15N3OS/c1-9(10-6-7-18-8-10)15-13(17)11-4-3-5-12(14-2)16-11/h3-9H,1-2H3,(H,14,16)(H,15,17). The molecule has 0 aliphatic rings. The van der Waals surface area contributed by atoms with Gasteiger partial charge in [0.05, 0.1) is 6.04 Å². The van der Waals surface area contributed by atoms with Crippen LogP contribution in [0.1, 0.15) is 29.0 Å². The normalized spacial score (nSPS) is 11.9. The van der Waals surface area contributed by atoms with E-state index in [0.717, 1.165) is 5.56 Å². The highest BCUT2D eigenvalue weighted by Gasteiger charge is 2.12. The molecule has 0 aromatic carbocycles. The first-order chi connectivity index (χ1) is 8.70. The van der Waals surface area contributed by atoms with Crippen molar-refractivity contribution in [2.24, 2.45) is 0 Å². The smallest absolute Gasteiger partial charge is 0.270 e. The Balaban J connectivity index is 2.07. The van der Waals surface area contributed by atoms with Gasteiger partial charge in [-0.3, -0.25) is 4.79 Å². The van der Waals surface area contributed by atoms with Crippen LogP contribution in [0, 0.1) is 0 Å². The Hall–Kier alpha value is -1.88. The van der Waals surface area contributed by atoms with Gasteiger partial charge in [-0.25, -0.2) is 4.98 Å². The van der Waals surface area contributed by atoms with Gasteiger partial charge in [0.1, 0.15) is 11.5 Å². The minimum Gasteiger partial charge on any atom is -0.373 e. The summed E-state index contributed by atoms with van der Waals surface area (Å²) >= 11 is 1.62. The average Bonchev–Trinajstić information content (AvgIpc) is 2.92. The molecule has 18 heavy (non-hydrogen) atoms. The third-order valence-corrected chi connectivity index (χ3v) is 3.33. The molecule has 0 radical (unpaired) electrons. The molecule has 4 nitrogen and oxygen atoms in total. The van der Waals surface area contributed by atoms with Crippen molar-refractivity contribution in [3.05, 3.63) is 46.3 Å². The lowest BCUT2D eigenvalue weighted by molar-refractivity contribution is 0.0935. The molecule has 0 bridgehead atoms. The molecule has 0 spiro atoms. The number of anilines is 1. The first-order valence-electron chi connectivity index (χ1n) is 5.68. The minimum atomic E-state index is -0.161. The van der Waals surface area contributed by atoms with Crippen LogP contribution < -0.4 is 10.6 Å². The van der Waals surface area contributed by atoms with Crippen LogP contribution in [0.4, 0.5) is 5.82 Å². The number of pyridine rings is 1. The zero-order valence-electron chi connectivity index (χ0n) is 10.3. The third-order valence-electron chi connectivity index (χ3n) is 2.63. The van der Waals surface area contributed by atoms with Crippen LogP contribution in [0.25, 0.3) is 0 Å². The minimum absolute atomic E-state index is 0.0104. The fraction of sp³-hybridized carbons (Fsp3) is 0.231. The molecule has 0 saturated heterocycles. The van der Waals surface area contributed by atoms with E-state index in [1.165, 1.54) is 0 Å². The molecule has 1 atom stereocenters. The summed E-state index contributed by atoms with van der Waals surface area (Å²) in [4.78, 5) is 16.2. The number of carbonyl (C=O) groups excluding carboxylic acids is 1. The molecule has 2 N–H and O–H groups in total. The summed E-state index contributed by atoms with van der Waals surface area (Å²) < 4.78 is 0. The summed E-state index contributed by atoms with van der Waals surface area (Å²) in [6.45, 7) is 1.96. The summed E-state index contributed by atoms with van der Waals surface area (Å²) in [6, 6.07) is 7.33. The zero-order chi connectivity index (χ0) is 13.0. The fourth-order valence-electron chi connectivity index (χ4n) is 1.58. The fourth-order valence-corrected chi connectivity index (χ4v) is 2.33. The van der Waals surface area contributed by atoms with E-state index in [1.807, 2.05) is 35.9 Å². The van der Waals surface area contributed by atoms with Gasteiger partial charge in [0.25, 0.3) is 5.91 Å². The van der Waals surface area contributed by atoms with E-state index in [4.69, 9.17) is 0 Å². The van der Waals surface area contributed by atoms with Crippen LogP contribution >= 0.6 is 11.3 Å². The molecule has 0 fully saturated rings. The molecule has 2 aromatic heterocycles. The van der Waals surface area contributed by atoms with E-state index in [0.29, 0.717) is 11.5 Å². The molecule has 0 aliphatic carbocycles. The van der Waals surface area contributed by atoms with Gasteiger partial charge in [0, 0.05) is 7.05 Å². The second kappa shape index (κ2) is 5.64. The van der Waals surface area contributed by atoms with Crippen molar-refractivity contribution in [1.29, 1.82) is 0 Å². The highest BCUT2D eigenvalue weighted by molar-refractivity contribution is 7.07. The molecular weight excluding hydrogens is 246 g/mol. The number of carbonyl (C=O) groups is 1. The topological polar surface area (TPSA) is 54.0 Å². The van der Waals surface area contributed by atoms with Crippen LogP contribution in [0.3, 0.4) is 0 Å².